The molecule has 0 aromatic heterocycles. The summed E-state index contributed by atoms with van der Waals surface area (Å²) in [6.07, 6.45) is 1.36. The van der Waals surface area contributed by atoms with Gasteiger partial charge in [0, 0.05) is 0 Å². The van der Waals surface area contributed by atoms with Crippen LogP contribution < -0.4 is 0 Å². The van der Waals surface area contributed by atoms with E-state index in [2.05, 4.69) is 50.6 Å². The molecule has 0 aromatic carbocycles. The van der Waals surface area contributed by atoms with Crippen molar-refractivity contribution < 1.29 is 21.0 Å². The molecule has 4 atom stereocenters. The van der Waals surface area contributed by atoms with Crippen LogP contribution in [0.15, 0.2) is 0 Å². The second-order valence-corrected chi connectivity index (χ2v) is 12.6. The summed E-state index contributed by atoms with van der Waals surface area (Å²) >= 11 is 2.71. The SMILES string of the molecule is CC1[C@@H](CO[P](C)(C)=[V])C[C@@H](C)[C@H]1C. The zero-order valence-corrected chi connectivity index (χ0v) is 12.3. The normalized spacial score (nSPS) is 38.9. The molecule has 1 nitrogen and oxygen atoms in total. The van der Waals surface area contributed by atoms with Crippen LogP contribution in [0.1, 0.15) is 27.2 Å². The summed E-state index contributed by atoms with van der Waals surface area (Å²) in [6, 6.07) is 0. The zero-order valence-electron chi connectivity index (χ0n) is 10.0. The standard InChI is InChI=1S/C11H23OP.V/c1-8-6-11(7-12-13(4)5)10(3)9(8)2;/h8-11H,6-7H2,1-5H3;/t8-,9-,10?,11-;/m1./s1. The summed E-state index contributed by atoms with van der Waals surface area (Å²) in [4.78, 5) is 0. The van der Waals surface area contributed by atoms with Crippen LogP contribution in [0.3, 0.4) is 0 Å². The molecule has 1 aliphatic carbocycles. The van der Waals surface area contributed by atoms with Crippen molar-refractivity contribution in [3.63, 3.8) is 0 Å². The molecule has 0 amide bonds. The Labute approximate surface area is 97.4 Å². The zero-order chi connectivity index (χ0) is 10.9. The summed E-state index contributed by atoms with van der Waals surface area (Å²) in [5, 5.41) is 0. The van der Waals surface area contributed by atoms with Gasteiger partial charge in [-0.15, -0.1) is 0 Å². The van der Waals surface area contributed by atoms with Crippen molar-refractivity contribution in [2.45, 2.75) is 27.2 Å². The topological polar surface area (TPSA) is 9.23 Å². The second kappa shape index (κ2) is 4.87. The van der Waals surface area contributed by atoms with E-state index in [1.54, 1.807) is 0 Å². The van der Waals surface area contributed by atoms with Crippen molar-refractivity contribution in [2.75, 3.05) is 19.9 Å². The Morgan fingerprint density at radius 1 is 1.21 bits per heavy atom. The predicted octanol–water partition coefficient (Wildman–Crippen LogP) is 3.59. The minimum absolute atomic E-state index is 0.795. The van der Waals surface area contributed by atoms with Crippen LogP contribution in [0, 0.1) is 23.7 Å². The summed E-state index contributed by atoms with van der Waals surface area (Å²) in [5.41, 5.74) is -1.10. The van der Waals surface area contributed by atoms with Gasteiger partial charge in [-0.3, -0.25) is 0 Å². The van der Waals surface area contributed by atoms with Crippen LogP contribution in [0.25, 0.3) is 0 Å². The average Bonchev–Trinajstić information content (AvgIpc) is 2.28. The van der Waals surface area contributed by atoms with Gasteiger partial charge in [-0.2, -0.15) is 0 Å². The molecule has 1 saturated carbocycles. The molecule has 1 aliphatic rings. The van der Waals surface area contributed by atoms with Gasteiger partial charge in [0.25, 0.3) is 0 Å². The second-order valence-electron chi connectivity index (χ2n) is 5.28. The van der Waals surface area contributed by atoms with Gasteiger partial charge >= 0.3 is 97.3 Å². The summed E-state index contributed by atoms with van der Waals surface area (Å²) < 4.78 is 5.96. The molecule has 14 heavy (non-hydrogen) atoms. The molecular formula is C11H23OPV. The van der Waals surface area contributed by atoms with Gasteiger partial charge in [-0.25, -0.2) is 0 Å². The van der Waals surface area contributed by atoms with Crippen LogP contribution in [0.4, 0.5) is 0 Å². The molecule has 0 N–H and O–H groups in total. The molecule has 1 rings (SSSR count). The Morgan fingerprint density at radius 3 is 2.14 bits per heavy atom. The Hall–Kier alpha value is 0.974. The van der Waals surface area contributed by atoms with Crippen LogP contribution in [0.5, 0.6) is 0 Å². The number of rotatable bonds is 3. The summed E-state index contributed by atoms with van der Waals surface area (Å²) in [5.74, 6) is 3.38. The van der Waals surface area contributed by atoms with E-state index in [4.69, 9.17) is 4.52 Å². The molecule has 0 aromatic rings. The van der Waals surface area contributed by atoms with Crippen molar-refractivity contribution in [2.24, 2.45) is 23.7 Å². The van der Waals surface area contributed by atoms with E-state index in [1.807, 2.05) is 0 Å². The molecule has 0 heterocycles. The molecule has 1 unspecified atom stereocenters. The van der Waals surface area contributed by atoms with Gasteiger partial charge in [0.15, 0.2) is 0 Å². The fraction of sp³-hybridized carbons (Fsp3) is 1.00. The van der Waals surface area contributed by atoms with E-state index in [0.717, 1.165) is 30.3 Å². The first-order valence-corrected chi connectivity index (χ1v) is 9.95. The Balaban J connectivity index is 2.44. The monoisotopic (exact) mass is 253 g/mol. The van der Waals surface area contributed by atoms with Gasteiger partial charge in [-0.05, 0) is 0 Å². The molecule has 0 aliphatic heterocycles. The molecule has 0 saturated heterocycles. The third-order valence-corrected chi connectivity index (χ3v) is 5.07. The summed E-state index contributed by atoms with van der Waals surface area (Å²) in [6.45, 7) is 12.6. The molecule has 3 heteroatoms. The maximum absolute atomic E-state index is 5.96. The molecule has 0 spiro atoms. The molecule has 1 fully saturated rings. The fourth-order valence-electron chi connectivity index (χ4n) is 2.35. The maximum atomic E-state index is 5.96. The van der Waals surface area contributed by atoms with E-state index >= 15 is 0 Å². The third kappa shape index (κ3) is 3.52. The number of hydrogen-bond donors (Lipinski definition) is 0. The first kappa shape index (κ1) is 13.0. The Bertz CT molecular complexity index is 235. The minimum atomic E-state index is -1.10. The molecular weight excluding hydrogens is 230 g/mol. The van der Waals surface area contributed by atoms with Gasteiger partial charge in [0.1, 0.15) is 0 Å². The van der Waals surface area contributed by atoms with Gasteiger partial charge < -0.3 is 0 Å². The molecule has 0 radical (unpaired) electrons. The first-order chi connectivity index (χ1) is 6.31. The van der Waals surface area contributed by atoms with Crippen molar-refractivity contribution in [1.82, 2.24) is 0 Å². The van der Waals surface area contributed by atoms with Crippen LogP contribution in [-0.2, 0) is 21.0 Å². The van der Waals surface area contributed by atoms with E-state index < -0.39 is 5.51 Å². The average molecular weight is 253 g/mol. The first-order valence-electron chi connectivity index (χ1n) is 5.52. The van der Waals surface area contributed by atoms with Gasteiger partial charge in [-0.1, -0.05) is 0 Å². The van der Waals surface area contributed by atoms with Crippen LogP contribution in [-0.4, -0.2) is 19.9 Å². The van der Waals surface area contributed by atoms with Gasteiger partial charge in [0.2, 0.25) is 0 Å². The number of hydrogen-bond acceptors (Lipinski definition) is 1. The Morgan fingerprint density at radius 2 is 1.79 bits per heavy atom. The predicted molar refractivity (Wildman–Crippen MR) is 60.3 cm³/mol. The molecule has 0 bridgehead atoms. The quantitative estimate of drug-likeness (QED) is 0.698. The summed E-state index contributed by atoms with van der Waals surface area (Å²) in [7, 11) is 0. The third-order valence-electron chi connectivity index (χ3n) is 3.75. The van der Waals surface area contributed by atoms with E-state index in [0.29, 0.717) is 0 Å². The van der Waals surface area contributed by atoms with Crippen LogP contribution in [0.2, 0.25) is 0 Å². The van der Waals surface area contributed by atoms with Crippen molar-refractivity contribution in [3.05, 3.63) is 0 Å². The van der Waals surface area contributed by atoms with E-state index in [9.17, 15) is 0 Å². The fourth-order valence-corrected chi connectivity index (χ4v) is 3.22. The van der Waals surface area contributed by atoms with Crippen molar-refractivity contribution in [3.8, 4) is 0 Å². The van der Waals surface area contributed by atoms with E-state index in [1.165, 1.54) is 6.42 Å². The van der Waals surface area contributed by atoms with Crippen LogP contribution >= 0.6 is 5.51 Å². The van der Waals surface area contributed by atoms with Crippen molar-refractivity contribution >= 4 is 5.51 Å². The molecule has 83 valence electrons. The van der Waals surface area contributed by atoms with Gasteiger partial charge in [0.05, 0.1) is 0 Å². The Kier molecular flexibility index (Phi) is 4.54. The van der Waals surface area contributed by atoms with Crippen molar-refractivity contribution in [1.29, 1.82) is 0 Å². The van der Waals surface area contributed by atoms with E-state index in [-0.39, 0.29) is 0 Å².